The van der Waals surface area contributed by atoms with Crippen LogP contribution < -0.4 is 18.9 Å². The Morgan fingerprint density at radius 1 is 1.18 bits per heavy atom. The fourth-order valence-corrected chi connectivity index (χ4v) is 0.820. The van der Waals surface area contributed by atoms with Crippen LogP contribution in [0.3, 0.4) is 0 Å². The number of hydrogen-bond acceptors (Lipinski definition) is 2. The van der Waals surface area contributed by atoms with E-state index in [1.54, 1.807) is 14.2 Å². The zero-order chi connectivity index (χ0) is 7.82. The van der Waals surface area contributed by atoms with Crippen molar-refractivity contribution >= 4 is 0 Å². The average Bonchev–Trinajstić information content (AvgIpc) is 1.99. The summed E-state index contributed by atoms with van der Waals surface area (Å²) in [5, 5.41) is 0. The molecule has 62 valence electrons. The van der Waals surface area contributed by atoms with Gasteiger partial charge in [0.1, 0.15) is 0 Å². The summed E-state index contributed by atoms with van der Waals surface area (Å²) in [5.41, 5.74) is 0. The molecule has 0 saturated heterocycles. The Kier molecular flexibility index (Phi) is 13.4. The van der Waals surface area contributed by atoms with Crippen molar-refractivity contribution in [1.29, 1.82) is 0 Å². The van der Waals surface area contributed by atoms with Crippen LogP contribution >= 0.6 is 0 Å². The first-order valence-corrected chi connectivity index (χ1v) is 3.70. The monoisotopic (exact) mass is 152 g/mol. The fourth-order valence-electron chi connectivity index (χ4n) is 0.820. The van der Waals surface area contributed by atoms with Crippen LogP contribution in [0.4, 0.5) is 0 Å². The average molecular weight is 152 g/mol. The first-order chi connectivity index (χ1) is 4.85. The topological polar surface area (TPSA) is 18.5 Å². The van der Waals surface area contributed by atoms with E-state index >= 15 is 0 Å². The van der Waals surface area contributed by atoms with Crippen LogP contribution in [0.1, 0.15) is 25.7 Å². The molecule has 0 bridgehead atoms. The van der Waals surface area contributed by atoms with Crippen LogP contribution in [-0.4, -0.2) is 20.5 Å². The molecule has 0 aromatic carbocycles. The Morgan fingerprint density at radius 3 is 2.09 bits per heavy atom. The van der Waals surface area contributed by atoms with E-state index in [1.165, 1.54) is 0 Å². The van der Waals surface area contributed by atoms with Gasteiger partial charge in [-0.2, -0.15) is 6.42 Å². The molecule has 0 N–H and O–H groups in total. The Morgan fingerprint density at radius 2 is 1.73 bits per heavy atom. The van der Waals surface area contributed by atoms with Crippen LogP contribution in [-0.2, 0) is 9.47 Å². The minimum atomic E-state index is -0.0217. The van der Waals surface area contributed by atoms with Crippen molar-refractivity contribution in [3.05, 3.63) is 6.92 Å². The summed E-state index contributed by atoms with van der Waals surface area (Å²) >= 11 is 0. The van der Waals surface area contributed by atoms with Gasteiger partial charge in [0.05, 0.1) is 0 Å². The largest absolute Gasteiger partial charge is 1.00 e. The molecule has 0 aromatic rings. The van der Waals surface area contributed by atoms with Crippen molar-refractivity contribution in [3.63, 3.8) is 0 Å². The van der Waals surface area contributed by atoms with Crippen molar-refractivity contribution in [1.82, 2.24) is 0 Å². The molecule has 0 rings (SSSR count). The summed E-state index contributed by atoms with van der Waals surface area (Å²) in [6, 6.07) is 0. The molecule has 0 aromatic heterocycles. The third kappa shape index (κ3) is 8.42. The van der Waals surface area contributed by atoms with Crippen molar-refractivity contribution < 1.29 is 28.3 Å². The molecular formula is C8H17LiO2. The quantitative estimate of drug-likeness (QED) is 0.210. The van der Waals surface area contributed by atoms with Crippen LogP contribution in [0, 0.1) is 6.92 Å². The molecule has 0 aliphatic heterocycles. The van der Waals surface area contributed by atoms with Gasteiger partial charge in [0, 0.05) is 14.2 Å². The molecule has 0 heterocycles. The van der Waals surface area contributed by atoms with Gasteiger partial charge in [-0.05, 0) is 6.42 Å². The first kappa shape index (κ1) is 14.1. The van der Waals surface area contributed by atoms with E-state index < -0.39 is 0 Å². The van der Waals surface area contributed by atoms with Crippen LogP contribution in [0.2, 0.25) is 0 Å². The van der Waals surface area contributed by atoms with Gasteiger partial charge in [-0.15, -0.1) is 0 Å². The Balaban J connectivity index is 0. The number of unbranched alkanes of at least 4 members (excludes halogenated alkanes) is 2. The Hall–Kier alpha value is 0.517. The molecule has 11 heavy (non-hydrogen) atoms. The van der Waals surface area contributed by atoms with E-state index in [0.29, 0.717) is 0 Å². The summed E-state index contributed by atoms with van der Waals surface area (Å²) in [5.74, 6) is 0. The van der Waals surface area contributed by atoms with Crippen molar-refractivity contribution in [2.75, 3.05) is 14.2 Å². The van der Waals surface area contributed by atoms with E-state index in [1.807, 2.05) is 0 Å². The molecule has 0 radical (unpaired) electrons. The molecule has 0 aliphatic rings. The van der Waals surface area contributed by atoms with Gasteiger partial charge in [0.2, 0.25) is 0 Å². The summed E-state index contributed by atoms with van der Waals surface area (Å²) < 4.78 is 10.0. The number of ether oxygens (including phenoxy) is 2. The molecule has 0 aliphatic carbocycles. The summed E-state index contributed by atoms with van der Waals surface area (Å²) in [6.07, 6.45) is 4.24. The van der Waals surface area contributed by atoms with Crippen LogP contribution in [0.5, 0.6) is 0 Å². The fraction of sp³-hybridized carbons (Fsp3) is 0.875. The maximum atomic E-state index is 5.00. The number of methoxy groups -OCH3 is 2. The Labute approximate surface area is 81.8 Å². The SMILES string of the molecule is [CH2-]CCCCC(OC)OC.[Li+]. The zero-order valence-corrected chi connectivity index (χ0v) is 7.93. The molecule has 2 nitrogen and oxygen atoms in total. The van der Waals surface area contributed by atoms with Crippen molar-refractivity contribution in [2.45, 2.75) is 32.0 Å². The summed E-state index contributed by atoms with van der Waals surface area (Å²) in [6.45, 7) is 3.75. The van der Waals surface area contributed by atoms with Gasteiger partial charge in [0.25, 0.3) is 0 Å². The van der Waals surface area contributed by atoms with Crippen molar-refractivity contribution in [2.24, 2.45) is 0 Å². The number of hydrogen-bond donors (Lipinski definition) is 0. The standard InChI is InChI=1S/C8H17O2.Li/c1-4-5-6-7-8(9-2)10-3;/h8H,1,4-7H2,2-3H3;/q-1;+1. The molecule has 0 fully saturated rings. The second kappa shape index (κ2) is 10.5. The molecule has 0 saturated carbocycles. The number of rotatable bonds is 6. The van der Waals surface area contributed by atoms with Crippen molar-refractivity contribution in [3.8, 4) is 0 Å². The molecule has 0 spiro atoms. The summed E-state index contributed by atoms with van der Waals surface area (Å²) in [4.78, 5) is 0. The van der Waals surface area contributed by atoms with Crippen LogP contribution in [0.15, 0.2) is 0 Å². The smallest absolute Gasteiger partial charge is 0.356 e. The minimum Gasteiger partial charge on any atom is -0.356 e. The van der Waals surface area contributed by atoms with Gasteiger partial charge in [0.15, 0.2) is 6.29 Å². The molecule has 3 heteroatoms. The second-order valence-electron chi connectivity index (χ2n) is 2.25. The van der Waals surface area contributed by atoms with Gasteiger partial charge in [-0.1, -0.05) is 12.8 Å². The van der Waals surface area contributed by atoms with Gasteiger partial charge in [-0.25, -0.2) is 0 Å². The van der Waals surface area contributed by atoms with E-state index in [4.69, 9.17) is 9.47 Å². The van der Waals surface area contributed by atoms with Gasteiger partial charge < -0.3 is 16.4 Å². The minimum absolute atomic E-state index is 0. The molecule has 0 amide bonds. The van der Waals surface area contributed by atoms with E-state index in [2.05, 4.69) is 6.92 Å². The van der Waals surface area contributed by atoms with E-state index in [9.17, 15) is 0 Å². The first-order valence-electron chi connectivity index (χ1n) is 3.70. The predicted molar refractivity (Wildman–Crippen MR) is 41.6 cm³/mol. The molecular weight excluding hydrogens is 135 g/mol. The predicted octanol–water partition coefficient (Wildman–Crippen LogP) is -0.996. The third-order valence-electron chi connectivity index (χ3n) is 1.47. The van der Waals surface area contributed by atoms with E-state index in [-0.39, 0.29) is 25.2 Å². The van der Waals surface area contributed by atoms with Gasteiger partial charge in [-0.3, -0.25) is 0 Å². The second-order valence-corrected chi connectivity index (χ2v) is 2.25. The normalized spacial score (nSPS) is 9.82. The Bertz CT molecular complexity index is 65.1. The zero-order valence-electron chi connectivity index (χ0n) is 7.93. The maximum Gasteiger partial charge on any atom is 1.00 e. The van der Waals surface area contributed by atoms with E-state index in [0.717, 1.165) is 25.7 Å². The van der Waals surface area contributed by atoms with Gasteiger partial charge >= 0.3 is 18.9 Å². The van der Waals surface area contributed by atoms with Crippen LogP contribution in [0.25, 0.3) is 0 Å². The third-order valence-corrected chi connectivity index (χ3v) is 1.47. The molecule has 0 atom stereocenters. The molecule has 0 unspecified atom stereocenters. The summed E-state index contributed by atoms with van der Waals surface area (Å²) in [7, 11) is 3.33. The maximum absolute atomic E-state index is 5.00.